The van der Waals surface area contributed by atoms with Gasteiger partial charge in [-0.05, 0) is 74.7 Å². The Hall–Kier alpha value is -2.98. The lowest BCUT2D eigenvalue weighted by molar-refractivity contribution is -0.132. The van der Waals surface area contributed by atoms with Gasteiger partial charge in [0.1, 0.15) is 6.54 Å². The van der Waals surface area contributed by atoms with Crippen LogP contribution in [0, 0.1) is 6.92 Å². The van der Waals surface area contributed by atoms with Crippen molar-refractivity contribution in [1.82, 2.24) is 9.80 Å². The first-order valence-electron chi connectivity index (χ1n) is 13.4. The smallest absolute Gasteiger partial charge is 0.322 e. The van der Waals surface area contributed by atoms with E-state index in [4.69, 9.17) is 37.4 Å². The van der Waals surface area contributed by atoms with Crippen molar-refractivity contribution in [2.45, 2.75) is 33.2 Å². The van der Waals surface area contributed by atoms with E-state index in [1.54, 1.807) is 48.7 Å². The van der Waals surface area contributed by atoms with Crippen molar-refractivity contribution in [3.8, 4) is 11.5 Å². The van der Waals surface area contributed by atoms with E-state index in [-0.39, 0.29) is 12.5 Å². The first-order chi connectivity index (χ1) is 19.7. The molecule has 8 nitrogen and oxygen atoms in total. The molecule has 0 spiro atoms. The Morgan fingerprint density at radius 1 is 0.951 bits per heavy atom. The van der Waals surface area contributed by atoms with Crippen LogP contribution in [0.5, 0.6) is 11.5 Å². The van der Waals surface area contributed by atoms with Crippen molar-refractivity contribution in [3.63, 3.8) is 0 Å². The van der Waals surface area contributed by atoms with Gasteiger partial charge in [-0.2, -0.15) is 0 Å². The Labute approximate surface area is 256 Å². The van der Waals surface area contributed by atoms with E-state index in [0.717, 1.165) is 10.4 Å². The Bertz CT molecular complexity index is 1300. The topological polar surface area (TPSA) is 80.3 Å². The Morgan fingerprint density at radius 3 is 2.39 bits per heavy atom. The van der Waals surface area contributed by atoms with E-state index >= 15 is 0 Å². The number of carbonyl (C=O) groups excluding carboxylic acids is 2. The minimum Gasteiger partial charge on any atom is -0.493 e. The van der Waals surface area contributed by atoms with E-state index in [1.165, 1.54) is 9.78 Å². The van der Waals surface area contributed by atoms with Crippen molar-refractivity contribution >= 4 is 52.2 Å². The zero-order valence-corrected chi connectivity index (χ0v) is 26.2. The number of nitrogens with one attached hydrogen (secondary N) is 1. The van der Waals surface area contributed by atoms with Crippen molar-refractivity contribution in [3.05, 3.63) is 73.9 Å². The molecule has 3 aromatic rings. The number of halogens is 2. The molecule has 0 aliphatic carbocycles. The van der Waals surface area contributed by atoms with Crippen LogP contribution in [0.25, 0.3) is 0 Å². The number of ether oxygens (including phenoxy) is 3. The van der Waals surface area contributed by atoms with Crippen molar-refractivity contribution in [2.24, 2.45) is 0 Å². The first-order valence-corrected chi connectivity index (χ1v) is 14.9. The summed E-state index contributed by atoms with van der Waals surface area (Å²) in [7, 11) is 3.19. The molecule has 0 atom stereocenters. The Kier molecular flexibility index (Phi) is 13.1. The summed E-state index contributed by atoms with van der Waals surface area (Å²) >= 11 is 13.9. The number of anilines is 1. The standard InChI is InChI=1S/C30H37Cl2N3O5S/c1-5-40-16-6-14-35(30(37)33-26-11-9-23(31)18-25(26)32)20-29(36)34(19-24-10-7-21(2)41-24)15-13-22-8-12-27(38-3)28(17-22)39-4/h7-12,17-18H,5-6,13-16,19-20H2,1-4H3,(H,33,37). The third kappa shape index (κ3) is 10.1. The number of amides is 3. The van der Waals surface area contributed by atoms with Crippen molar-refractivity contribution in [2.75, 3.05) is 52.4 Å². The van der Waals surface area contributed by atoms with E-state index in [2.05, 4.69) is 5.32 Å². The number of benzene rings is 2. The lowest BCUT2D eigenvalue weighted by atomic mass is 10.1. The third-order valence-corrected chi connectivity index (χ3v) is 7.85. The summed E-state index contributed by atoms with van der Waals surface area (Å²) in [4.78, 5) is 32.6. The van der Waals surface area contributed by atoms with Crippen LogP contribution in [0.2, 0.25) is 10.0 Å². The van der Waals surface area contributed by atoms with Gasteiger partial charge in [-0.1, -0.05) is 29.3 Å². The maximum atomic E-state index is 13.8. The molecule has 11 heteroatoms. The quantitative estimate of drug-likeness (QED) is 0.186. The highest BCUT2D eigenvalue weighted by atomic mass is 35.5. The third-order valence-electron chi connectivity index (χ3n) is 6.32. The second-order valence-corrected chi connectivity index (χ2v) is 11.5. The number of nitrogens with zero attached hydrogens (tertiary/aromatic N) is 2. The van der Waals surface area contributed by atoms with Gasteiger partial charge in [-0.25, -0.2) is 4.79 Å². The van der Waals surface area contributed by atoms with Gasteiger partial charge in [0.25, 0.3) is 0 Å². The molecule has 222 valence electrons. The minimum atomic E-state index is -0.425. The second kappa shape index (κ2) is 16.5. The molecule has 3 amide bonds. The number of carbonyl (C=O) groups is 2. The number of aryl methyl sites for hydroxylation is 1. The molecule has 1 N–H and O–H groups in total. The van der Waals surface area contributed by atoms with Crippen molar-refractivity contribution < 1.29 is 23.8 Å². The second-order valence-electron chi connectivity index (χ2n) is 9.29. The molecule has 2 aromatic carbocycles. The summed E-state index contributed by atoms with van der Waals surface area (Å²) in [5, 5.41) is 3.60. The summed E-state index contributed by atoms with van der Waals surface area (Å²) in [6.45, 7) is 6.16. The van der Waals surface area contributed by atoms with Crippen molar-refractivity contribution in [1.29, 1.82) is 0 Å². The van der Waals surface area contributed by atoms with Crippen LogP contribution in [0.15, 0.2) is 48.5 Å². The molecule has 0 saturated carbocycles. The van der Waals surface area contributed by atoms with Gasteiger partial charge in [0.15, 0.2) is 11.5 Å². The van der Waals surface area contributed by atoms with Crippen LogP contribution < -0.4 is 14.8 Å². The fourth-order valence-corrected chi connectivity index (χ4v) is 5.51. The van der Waals surface area contributed by atoms with E-state index in [9.17, 15) is 9.59 Å². The molecule has 0 aliphatic rings. The van der Waals surface area contributed by atoms with Gasteiger partial charge >= 0.3 is 6.03 Å². The zero-order chi connectivity index (χ0) is 29.8. The number of hydrogen-bond donors (Lipinski definition) is 1. The van der Waals surface area contributed by atoms with E-state index in [0.29, 0.717) is 72.9 Å². The predicted molar refractivity (Wildman–Crippen MR) is 166 cm³/mol. The van der Waals surface area contributed by atoms with E-state index < -0.39 is 6.03 Å². The van der Waals surface area contributed by atoms with Gasteiger partial charge in [-0.3, -0.25) is 4.79 Å². The lowest BCUT2D eigenvalue weighted by Gasteiger charge is -2.28. The average Bonchev–Trinajstić information content (AvgIpc) is 3.38. The van der Waals surface area contributed by atoms with E-state index in [1.807, 2.05) is 44.2 Å². The molecule has 41 heavy (non-hydrogen) atoms. The predicted octanol–water partition coefficient (Wildman–Crippen LogP) is 6.91. The molecule has 0 fully saturated rings. The normalized spacial score (nSPS) is 10.8. The maximum Gasteiger partial charge on any atom is 0.322 e. The summed E-state index contributed by atoms with van der Waals surface area (Å²) in [6, 6.07) is 14.2. The minimum absolute atomic E-state index is 0.0978. The largest absolute Gasteiger partial charge is 0.493 e. The van der Waals surface area contributed by atoms with Gasteiger partial charge < -0.3 is 29.3 Å². The summed E-state index contributed by atoms with van der Waals surface area (Å²) in [5.41, 5.74) is 1.43. The molecule has 1 aromatic heterocycles. The molecule has 0 unspecified atom stereocenters. The van der Waals surface area contributed by atoms with Crippen LogP contribution in [-0.2, 0) is 22.5 Å². The van der Waals surface area contributed by atoms with Crippen LogP contribution in [0.3, 0.4) is 0 Å². The first kappa shape index (κ1) is 32.5. The fraction of sp³-hybridized carbons (Fsp3) is 0.400. The lowest BCUT2D eigenvalue weighted by Crippen LogP contribution is -2.45. The van der Waals surface area contributed by atoms with Crippen LogP contribution in [0.4, 0.5) is 10.5 Å². The Morgan fingerprint density at radius 2 is 1.73 bits per heavy atom. The fourth-order valence-electron chi connectivity index (χ4n) is 4.15. The maximum absolute atomic E-state index is 13.8. The van der Waals surface area contributed by atoms with Gasteiger partial charge in [-0.15, -0.1) is 11.3 Å². The molecule has 0 aliphatic heterocycles. The monoisotopic (exact) mass is 621 g/mol. The van der Waals surface area contributed by atoms with Crippen LogP contribution in [-0.4, -0.2) is 68.8 Å². The molecule has 1 heterocycles. The molecular formula is C30H37Cl2N3O5S. The number of thiophene rings is 1. The average molecular weight is 623 g/mol. The van der Waals surface area contributed by atoms with Gasteiger partial charge in [0.2, 0.25) is 5.91 Å². The highest BCUT2D eigenvalue weighted by molar-refractivity contribution is 7.11. The summed E-state index contributed by atoms with van der Waals surface area (Å²) in [5.74, 6) is 1.12. The van der Waals surface area contributed by atoms with Crippen LogP contribution >= 0.6 is 34.5 Å². The zero-order valence-electron chi connectivity index (χ0n) is 23.9. The highest BCUT2D eigenvalue weighted by Gasteiger charge is 2.23. The molecule has 0 bridgehead atoms. The SMILES string of the molecule is CCOCCCN(CC(=O)N(CCc1ccc(OC)c(OC)c1)Cc1ccc(C)s1)C(=O)Nc1ccc(Cl)cc1Cl. The highest BCUT2D eigenvalue weighted by Crippen LogP contribution is 2.28. The van der Waals surface area contributed by atoms with Gasteiger partial charge in [0, 0.05) is 41.1 Å². The molecule has 0 radical (unpaired) electrons. The number of hydrogen-bond acceptors (Lipinski definition) is 6. The molecule has 3 rings (SSSR count). The van der Waals surface area contributed by atoms with Gasteiger partial charge in [0.05, 0.1) is 31.5 Å². The number of methoxy groups -OCH3 is 2. The number of urea groups is 1. The molecule has 0 saturated heterocycles. The number of rotatable bonds is 15. The molecular weight excluding hydrogens is 585 g/mol. The summed E-state index contributed by atoms with van der Waals surface area (Å²) in [6.07, 6.45) is 1.19. The summed E-state index contributed by atoms with van der Waals surface area (Å²) < 4.78 is 16.3. The van der Waals surface area contributed by atoms with Crippen LogP contribution in [0.1, 0.15) is 28.7 Å². The Balaban J connectivity index is 1.78.